The van der Waals surface area contributed by atoms with Crippen molar-refractivity contribution >= 4 is 17.2 Å². The molecule has 0 saturated carbocycles. The van der Waals surface area contributed by atoms with Gasteiger partial charge in [-0.3, -0.25) is 0 Å². The third-order valence-electron chi connectivity index (χ3n) is 2.67. The Hall–Kier alpha value is -2.37. The molecule has 3 N–H and O–H groups in total. The van der Waals surface area contributed by atoms with Gasteiger partial charge in [0.1, 0.15) is 17.8 Å². The van der Waals surface area contributed by atoms with Crippen molar-refractivity contribution in [3.63, 3.8) is 0 Å². The number of nitrogens with zero attached hydrogens (tertiary/aromatic N) is 2. The van der Waals surface area contributed by atoms with Gasteiger partial charge in [0, 0.05) is 0 Å². The lowest BCUT2D eigenvalue weighted by molar-refractivity contribution is 0.307. The molecule has 2 aromatic rings. The van der Waals surface area contributed by atoms with Crippen LogP contribution in [-0.2, 0) is 0 Å². The van der Waals surface area contributed by atoms with Gasteiger partial charge in [-0.05, 0) is 31.0 Å². The van der Waals surface area contributed by atoms with E-state index in [2.05, 4.69) is 15.3 Å². The van der Waals surface area contributed by atoms with E-state index >= 15 is 0 Å². The summed E-state index contributed by atoms with van der Waals surface area (Å²) < 4.78 is 19.1. The summed E-state index contributed by atoms with van der Waals surface area (Å²) in [7, 11) is 0. The van der Waals surface area contributed by atoms with Gasteiger partial charge in [-0.2, -0.15) is 4.98 Å². The Morgan fingerprint density at radius 1 is 1.35 bits per heavy atom. The largest absolute Gasteiger partial charge is 0.476 e. The number of anilines is 3. The normalized spacial score (nSPS) is 10.3. The predicted molar refractivity (Wildman–Crippen MR) is 76.7 cm³/mol. The SMILES string of the molecule is CCCOc1ncnc(Nc2cc(C)ccc2F)c1N. The quantitative estimate of drug-likeness (QED) is 0.878. The minimum atomic E-state index is -0.371. The zero-order valence-electron chi connectivity index (χ0n) is 11.5. The zero-order valence-corrected chi connectivity index (χ0v) is 11.5. The smallest absolute Gasteiger partial charge is 0.242 e. The minimum Gasteiger partial charge on any atom is -0.476 e. The average molecular weight is 276 g/mol. The van der Waals surface area contributed by atoms with Gasteiger partial charge in [0.05, 0.1) is 12.3 Å². The Balaban J connectivity index is 2.27. The van der Waals surface area contributed by atoms with E-state index in [1.807, 2.05) is 13.8 Å². The molecule has 0 spiro atoms. The van der Waals surface area contributed by atoms with Crippen molar-refractivity contribution in [2.45, 2.75) is 20.3 Å². The lowest BCUT2D eigenvalue weighted by Crippen LogP contribution is -2.06. The number of aromatic nitrogens is 2. The molecule has 0 atom stereocenters. The van der Waals surface area contributed by atoms with Crippen LogP contribution in [-0.4, -0.2) is 16.6 Å². The van der Waals surface area contributed by atoms with E-state index in [0.717, 1.165) is 12.0 Å². The van der Waals surface area contributed by atoms with Crippen LogP contribution in [0.5, 0.6) is 5.88 Å². The Kier molecular flexibility index (Phi) is 4.34. The lowest BCUT2D eigenvalue weighted by Gasteiger charge is -2.12. The van der Waals surface area contributed by atoms with E-state index in [0.29, 0.717) is 24.0 Å². The Bertz CT molecular complexity index is 604. The Morgan fingerprint density at radius 2 is 2.15 bits per heavy atom. The van der Waals surface area contributed by atoms with Gasteiger partial charge in [0.15, 0.2) is 5.82 Å². The number of aryl methyl sites for hydroxylation is 1. The first-order valence-corrected chi connectivity index (χ1v) is 6.38. The highest BCUT2D eigenvalue weighted by Crippen LogP contribution is 2.28. The molecule has 0 aliphatic heterocycles. The Morgan fingerprint density at radius 3 is 2.90 bits per heavy atom. The number of hydrogen-bond acceptors (Lipinski definition) is 5. The molecule has 1 aromatic carbocycles. The highest BCUT2D eigenvalue weighted by molar-refractivity contribution is 5.72. The molecule has 0 radical (unpaired) electrons. The molecule has 0 saturated heterocycles. The number of nitrogens with two attached hydrogens (primary N) is 1. The molecule has 0 aliphatic carbocycles. The fourth-order valence-corrected chi connectivity index (χ4v) is 1.66. The second-order valence-electron chi connectivity index (χ2n) is 4.40. The first-order valence-electron chi connectivity index (χ1n) is 6.38. The van der Waals surface area contributed by atoms with Crippen LogP contribution in [0, 0.1) is 12.7 Å². The monoisotopic (exact) mass is 276 g/mol. The van der Waals surface area contributed by atoms with Gasteiger partial charge < -0.3 is 15.8 Å². The maximum atomic E-state index is 13.7. The molecule has 20 heavy (non-hydrogen) atoms. The number of hydrogen-bond donors (Lipinski definition) is 2. The first kappa shape index (κ1) is 14.0. The molecule has 5 nitrogen and oxygen atoms in total. The summed E-state index contributed by atoms with van der Waals surface area (Å²) in [5, 5.41) is 2.87. The standard InChI is InChI=1S/C14H17FN4O/c1-3-6-20-14-12(16)13(17-8-18-14)19-11-7-9(2)4-5-10(11)15/h4-5,7-8H,3,6,16H2,1-2H3,(H,17,18,19). The molecule has 0 aliphatic rings. The van der Waals surface area contributed by atoms with Gasteiger partial charge in [-0.25, -0.2) is 9.37 Å². The molecule has 106 valence electrons. The molecule has 6 heteroatoms. The topological polar surface area (TPSA) is 73.1 Å². The van der Waals surface area contributed by atoms with Gasteiger partial charge in [0.25, 0.3) is 0 Å². The summed E-state index contributed by atoms with van der Waals surface area (Å²) in [4.78, 5) is 7.99. The van der Waals surface area contributed by atoms with Crippen LogP contribution in [0.2, 0.25) is 0 Å². The number of ether oxygens (including phenoxy) is 1. The van der Waals surface area contributed by atoms with Crippen LogP contribution in [0.15, 0.2) is 24.5 Å². The third-order valence-corrected chi connectivity index (χ3v) is 2.67. The molecule has 0 amide bonds. The van der Waals surface area contributed by atoms with E-state index in [-0.39, 0.29) is 11.5 Å². The van der Waals surface area contributed by atoms with E-state index < -0.39 is 0 Å². The summed E-state index contributed by atoms with van der Waals surface area (Å²) in [6, 6.07) is 4.77. The van der Waals surface area contributed by atoms with E-state index in [4.69, 9.17) is 10.5 Å². The van der Waals surface area contributed by atoms with E-state index in [1.165, 1.54) is 12.4 Å². The molecule has 1 aromatic heterocycles. The van der Waals surface area contributed by atoms with Crippen molar-refractivity contribution in [3.8, 4) is 5.88 Å². The maximum absolute atomic E-state index is 13.7. The third kappa shape index (κ3) is 3.14. The predicted octanol–water partition coefficient (Wildman–Crippen LogP) is 3.04. The molecule has 0 fully saturated rings. The fraction of sp³-hybridized carbons (Fsp3) is 0.286. The van der Waals surface area contributed by atoms with Gasteiger partial charge in [-0.15, -0.1) is 0 Å². The number of rotatable bonds is 5. The van der Waals surface area contributed by atoms with Crippen LogP contribution in [0.1, 0.15) is 18.9 Å². The van der Waals surface area contributed by atoms with Gasteiger partial charge in [0.2, 0.25) is 5.88 Å². The van der Waals surface area contributed by atoms with Crippen molar-refractivity contribution in [2.24, 2.45) is 0 Å². The van der Waals surface area contributed by atoms with E-state index in [9.17, 15) is 4.39 Å². The van der Waals surface area contributed by atoms with Crippen LogP contribution in [0.4, 0.5) is 21.6 Å². The summed E-state index contributed by atoms with van der Waals surface area (Å²) in [5.41, 5.74) is 7.44. The molecular weight excluding hydrogens is 259 g/mol. The van der Waals surface area contributed by atoms with Gasteiger partial charge in [-0.1, -0.05) is 13.0 Å². The van der Waals surface area contributed by atoms with Crippen molar-refractivity contribution in [1.29, 1.82) is 0 Å². The number of nitrogen functional groups attached to an aromatic ring is 1. The molecular formula is C14H17FN4O. The lowest BCUT2D eigenvalue weighted by atomic mass is 10.2. The van der Waals surface area contributed by atoms with Crippen molar-refractivity contribution in [2.75, 3.05) is 17.7 Å². The minimum absolute atomic E-state index is 0.266. The van der Waals surface area contributed by atoms with Crippen molar-refractivity contribution < 1.29 is 9.13 Å². The summed E-state index contributed by atoms with van der Waals surface area (Å²) in [6.07, 6.45) is 2.18. The van der Waals surface area contributed by atoms with Crippen LogP contribution >= 0.6 is 0 Å². The highest BCUT2D eigenvalue weighted by atomic mass is 19.1. The van der Waals surface area contributed by atoms with E-state index in [1.54, 1.807) is 12.1 Å². The highest BCUT2D eigenvalue weighted by Gasteiger charge is 2.11. The van der Waals surface area contributed by atoms with Crippen LogP contribution in [0.25, 0.3) is 0 Å². The first-order chi connectivity index (χ1) is 9.61. The second-order valence-corrected chi connectivity index (χ2v) is 4.40. The summed E-state index contributed by atoms with van der Waals surface area (Å²) in [5.74, 6) is 0.262. The molecule has 0 unspecified atom stereocenters. The van der Waals surface area contributed by atoms with Crippen molar-refractivity contribution in [1.82, 2.24) is 9.97 Å². The maximum Gasteiger partial charge on any atom is 0.242 e. The van der Waals surface area contributed by atoms with Crippen LogP contribution < -0.4 is 15.8 Å². The number of nitrogens with one attached hydrogen (secondary N) is 1. The fourth-order valence-electron chi connectivity index (χ4n) is 1.66. The Labute approximate surface area is 117 Å². The number of benzene rings is 1. The van der Waals surface area contributed by atoms with Gasteiger partial charge >= 0.3 is 0 Å². The molecule has 2 rings (SSSR count). The van der Waals surface area contributed by atoms with Crippen molar-refractivity contribution in [3.05, 3.63) is 35.9 Å². The summed E-state index contributed by atoms with van der Waals surface area (Å²) in [6.45, 7) is 4.38. The van der Waals surface area contributed by atoms with Crippen LogP contribution in [0.3, 0.4) is 0 Å². The molecule has 1 heterocycles. The molecule has 0 bridgehead atoms. The average Bonchev–Trinajstić information content (AvgIpc) is 2.44. The zero-order chi connectivity index (χ0) is 14.5. The second kappa shape index (κ2) is 6.18. The summed E-state index contributed by atoms with van der Waals surface area (Å²) >= 11 is 0. The number of halogens is 1.